The highest BCUT2D eigenvalue weighted by molar-refractivity contribution is 7.16. The molecule has 2 N–H and O–H groups in total. The number of furan rings is 1. The molecule has 1 atom stereocenters. The SMILES string of the molecule is CC(C)(C)NC(=O)CNC(c1ccco1)c1ccc(Cl)s1. The van der Waals surface area contributed by atoms with E-state index >= 15 is 0 Å². The quantitative estimate of drug-likeness (QED) is 0.883. The number of rotatable bonds is 5. The van der Waals surface area contributed by atoms with E-state index in [9.17, 15) is 4.79 Å². The molecule has 2 heterocycles. The minimum absolute atomic E-state index is 0.0540. The van der Waals surface area contributed by atoms with Crippen LogP contribution in [0.2, 0.25) is 4.34 Å². The number of hydrogen-bond donors (Lipinski definition) is 2. The Morgan fingerprint density at radius 2 is 2.14 bits per heavy atom. The summed E-state index contributed by atoms with van der Waals surface area (Å²) in [5.41, 5.74) is -0.245. The molecular weight excluding hydrogens is 308 g/mol. The summed E-state index contributed by atoms with van der Waals surface area (Å²) in [6.07, 6.45) is 1.62. The predicted molar refractivity (Wildman–Crippen MR) is 85.8 cm³/mol. The highest BCUT2D eigenvalue weighted by atomic mass is 35.5. The Balaban J connectivity index is 2.06. The molecule has 0 aliphatic carbocycles. The van der Waals surface area contributed by atoms with E-state index in [2.05, 4.69) is 10.6 Å². The Labute approximate surface area is 133 Å². The molecule has 2 aromatic heterocycles. The molecule has 0 saturated heterocycles. The van der Waals surface area contributed by atoms with Crippen LogP contribution in [0.15, 0.2) is 34.9 Å². The average Bonchev–Trinajstić information content (AvgIpc) is 2.99. The molecular formula is C15H19ClN2O2S. The number of amides is 1. The average molecular weight is 327 g/mol. The lowest BCUT2D eigenvalue weighted by Gasteiger charge is -2.22. The molecule has 0 radical (unpaired) electrons. The smallest absolute Gasteiger partial charge is 0.234 e. The van der Waals surface area contributed by atoms with Crippen molar-refractivity contribution in [1.82, 2.24) is 10.6 Å². The van der Waals surface area contributed by atoms with Gasteiger partial charge in [0.1, 0.15) is 11.8 Å². The van der Waals surface area contributed by atoms with Crippen LogP contribution >= 0.6 is 22.9 Å². The number of nitrogens with one attached hydrogen (secondary N) is 2. The van der Waals surface area contributed by atoms with Crippen molar-refractivity contribution in [1.29, 1.82) is 0 Å². The number of thiophene rings is 1. The Bertz CT molecular complexity index is 587. The lowest BCUT2D eigenvalue weighted by molar-refractivity contribution is -0.121. The van der Waals surface area contributed by atoms with Gasteiger partial charge in [-0.2, -0.15) is 0 Å². The van der Waals surface area contributed by atoms with Gasteiger partial charge in [0.25, 0.3) is 0 Å². The topological polar surface area (TPSA) is 54.3 Å². The predicted octanol–water partition coefficient (Wildman–Crippen LogP) is 3.59. The molecule has 6 heteroatoms. The van der Waals surface area contributed by atoms with Crippen LogP contribution in [0.25, 0.3) is 0 Å². The Morgan fingerprint density at radius 1 is 1.38 bits per heavy atom. The van der Waals surface area contributed by atoms with Gasteiger partial charge in [0.05, 0.1) is 17.1 Å². The molecule has 2 rings (SSSR count). The molecule has 21 heavy (non-hydrogen) atoms. The maximum atomic E-state index is 11.9. The Kier molecular flexibility index (Phi) is 5.08. The second kappa shape index (κ2) is 6.64. The summed E-state index contributed by atoms with van der Waals surface area (Å²) in [6, 6.07) is 7.31. The van der Waals surface area contributed by atoms with Gasteiger partial charge in [0.15, 0.2) is 0 Å². The fourth-order valence-corrected chi connectivity index (χ4v) is 3.08. The fourth-order valence-electron chi connectivity index (χ4n) is 1.94. The van der Waals surface area contributed by atoms with Gasteiger partial charge in [-0.3, -0.25) is 10.1 Å². The van der Waals surface area contributed by atoms with Crippen molar-refractivity contribution < 1.29 is 9.21 Å². The third-order valence-corrected chi connectivity index (χ3v) is 3.98. The van der Waals surface area contributed by atoms with Crippen molar-refractivity contribution in [3.05, 3.63) is 45.5 Å². The summed E-state index contributed by atoms with van der Waals surface area (Å²) in [6.45, 7) is 6.06. The first kappa shape index (κ1) is 16.1. The van der Waals surface area contributed by atoms with Gasteiger partial charge >= 0.3 is 0 Å². The molecule has 0 fully saturated rings. The molecule has 0 aromatic carbocycles. The monoisotopic (exact) mass is 326 g/mol. The summed E-state index contributed by atoms with van der Waals surface area (Å²) < 4.78 is 6.17. The third kappa shape index (κ3) is 4.88. The molecule has 114 valence electrons. The van der Waals surface area contributed by atoms with Crippen LogP contribution in [-0.2, 0) is 4.79 Å². The van der Waals surface area contributed by atoms with E-state index in [0.717, 1.165) is 10.6 Å². The molecule has 0 spiro atoms. The van der Waals surface area contributed by atoms with E-state index in [1.807, 2.05) is 45.0 Å². The first-order chi connectivity index (χ1) is 9.85. The molecule has 0 saturated carbocycles. The minimum Gasteiger partial charge on any atom is -0.467 e. The maximum absolute atomic E-state index is 11.9. The number of carbonyl (C=O) groups is 1. The molecule has 1 amide bonds. The van der Waals surface area contributed by atoms with Gasteiger partial charge in [-0.05, 0) is 45.0 Å². The summed E-state index contributed by atoms with van der Waals surface area (Å²) in [5, 5.41) is 6.14. The van der Waals surface area contributed by atoms with Crippen molar-refractivity contribution in [2.45, 2.75) is 32.4 Å². The van der Waals surface area contributed by atoms with Crippen molar-refractivity contribution >= 4 is 28.8 Å². The molecule has 0 aliphatic heterocycles. The van der Waals surface area contributed by atoms with Gasteiger partial charge in [-0.1, -0.05) is 11.6 Å². The van der Waals surface area contributed by atoms with E-state index < -0.39 is 0 Å². The molecule has 2 aromatic rings. The fraction of sp³-hybridized carbons (Fsp3) is 0.400. The highest BCUT2D eigenvalue weighted by Gasteiger charge is 2.21. The second-order valence-corrected chi connectivity index (χ2v) is 7.52. The summed E-state index contributed by atoms with van der Waals surface area (Å²) in [5.74, 6) is 0.707. The highest BCUT2D eigenvalue weighted by Crippen LogP contribution is 2.31. The minimum atomic E-state index is -0.245. The summed E-state index contributed by atoms with van der Waals surface area (Å²) >= 11 is 7.47. The lowest BCUT2D eigenvalue weighted by atomic mass is 10.1. The van der Waals surface area contributed by atoms with Gasteiger partial charge in [0.2, 0.25) is 5.91 Å². The van der Waals surface area contributed by atoms with Crippen LogP contribution in [0, 0.1) is 0 Å². The van der Waals surface area contributed by atoms with Crippen LogP contribution < -0.4 is 10.6 Å². The zero-order chi connectivity index (χ0) is 15.5. The zero-order valence-corrected chi connectivity index (χ0v) is 13.8. The van der Waals surface area contributed by atoms with Crippen LogP contribution in [0.4, 0.5) is 0 Å². The van der Waals surface area contributed by atoms with Crippen LogP contribution in [0.3, 0.4) is 0 Å². The second-order valence-electron chi connectivity index (χ2n) is 5.77. The molecule has 0 aliphatic rings. The van der Waals surface area contributed by atoms with Gasteiger partial charge in [-0.15, -0.1) is 11.3 Å². The van der Waals surface area contributed by atoms with Crippen LogP contribution in [0.5, 0.6) is 0 Å². The van der Waals surface area contributed by atoms with E-state index in [-0.39, 0.29) is 24.0 Å². The molecule has 0 bridgehead atoms. The van der Waals surface area contributed by atoms with Gasteiger partial charge in [0, 0.05) is 10.4 Å². The van der Waals surface area contributed by atoms with Gasteiger partial charge < -0.3 is 9.73 Å². The largest absolute Gasteiger partial charge is 0.467 e. The first-order valence-corrected chi connectivity index (χ1v) is 7.87. The molecule has 1 unspecified atom stereocenters. The normalized spacial score (nSPS) is 13.1. The first-order valence-electron chi connectivity index (χ1n) is 6.68. The van der Waals surface area contributed by atoms with Crippen molar-refractivity contribution in [2.75, 3.05) is 6.54 Å². The van der Waals surface area contributed by atoms with Gasteiger partial charge in [-0.25, -0.2) is 0 Å². The van der Waals surface area contributed by atoms with E-state index in [1.165, 1.54) is 11.3 Å². The van der Waals surface area contributed by atoms with Crippen molar-refractivity contribution in [2.24, 2.45) is 0 Å². The van der Waals surface area contributed by atoms with Crippen LogP contribution in [-0.4, -0.2) is 18.0 Å². The van der Waals surface area contributed by atoms with E-state index in [4.69, 9.17) is 16.0 Å². The summed E-state index contributed by atoms with van der Waals surface area (Å²) in [4.78, 5) is 13.0. The standard InChI is InChI=1S/C15H19ClN2O2S/c1-15(2,3)18-13(19)9-17-14(10-5-4-8-20-10)11-6-7-12(16)21-11/h4-8,14,17H,9H2,1-3H3,(H,18,19). The molecule has 4 nitrogen and oxygen atoms in total. The summed E-state index contributed by atoms with van der Waals surface area (Å²) in [7, 11) is 0. The number of hydrogen-bond acceptors (Lipinski definition) is 4. The maximum Gasteiger partial charge on any atom is 0.234 e. The number of carbonyl (C=O) groups excluding carboxylic acids is 1. The third-order valence-electron chi connectivity index (χ3n) is 2.69. The van der Waals surface area contributed by atoms with E-state index in [0.29, 0.717) is 4.34 Å². The zero-order valence-electron chi connectivity index (χ0n) is 12.3. The van der Waals surface area contributed by atoms with Crippen molar-refractivity contribution in [3.63, 3.8) is 0 Å². The lowest BCUT2D eigenvalue weighted by Crippen LogP contribution is -2.45. The van der Waals surface area contributed by atoms with E-state index in [1.54, 1.807) is 6.26 Å². The van der Waals surface area contributed by atoms with Crippen LogP contribution in [0.1, 0.15) is 37.5 Å². The van der Waals surface area contributed by atoms with Crippen molar-refractivity contribution in [3.8, 4) is 0 Å². The number of halogens is 1. The Hall–Kier alpha value is -1.30. The Morgan fingerprint density at radius 3 is 2.67 bits per heavy atom.